The number of esters is 1. The third-order valence-corrected chi connectivity index (χ3v) is 2.36. The van der Waals surface area contributed by atoms with Crippen molar-refractivity contribution in [2.75, 3.05) is 6.61 Å². The van der Waals surface area contributed by atoms with E-state index in [-0.39, 0.29) is 12.6 Å². The maximum absolute atomic E-state index is 11.6. The van der Waals surface area contributed by atoms with Crippen molar-refractivity contribution in [3.05, 3.63) is 48.5 Å². The maximum atomic E-state index is 11.6. The van der Waals surface area contributed by atoms with Gasteiger partial charge in [-0.05, 0) is 31.2 Å². The normalized spacial score (nSPS) is 9.39. The van der Waals surface area contributed by atoms with E-state index in [9.17, 15) is 4.79 Å². The minimum Gasteiger partial charge on any atom is -0.449 e. The highest BCUT2D eigenvalue weighted by atomic mass is 16.5. The van der Waals surface area contributed by atoms with Gasteiger partial charge in [0.05, 0.1) is 11.9 Å². The monoisotopic (exact) mass is 240 g/mol. The van der Waals surface area contributed by atoms with E-state index < -0.39 is 0 Å². The first-order valence-electron chi connectivity index (χ1n) is 5.46. The largest absolute Gasteiger partial charge is 0.449 e. The van der Waals surface area contributed by atoms with Crippen LogP contribution in [0, 0.1) is 11.8 Å². The van der Waals surface area contributed by atoms with Crippen LogP contribution in [0.25, 0.3) is 5.69 Å². The summed E-state index contributed by atoms with van der Waals surface area (Å²) in [5.74, 6) is 4.98. The molecule has 0 aliphatic rings. The first kappa shape index (κ1) is 11.9. The highest BCUT2D eigenvalue weighted by Crippen LogP contribution is 2.10. The zero-order valence-corrected chi connectivity index (χ0v) is 9.96. The second-order valence-corrected chi connectivity index (χ2v) is 3.52. The summed E-state index contributed by atoms with van der Waals surface area (Å²) in [6, 6.07) is 7.11. The molecule has 0 aliphatic heterocycles. The lowest BCUT2D eigenvalue weighted by Gasteiger charge is -2.04. The molecular formula is C14H12N2O2. The summed E-state index contributed by atoms with van der Waals surface area (Å²) < 4.78 is 6.83. The molecule has 1 aromatic heterocycles. The Morgan fingerprint density at radius 1 is 1.39 bits per heavy atom. The van der Waals surface area contributed by atoms with E-state index in [0.717, 1.165) is 5.69 Å². The molecule has 0 atom stereocenters. The second-order valence-electron chi connectivity index (χ2n) is 3.52. The van der Waals surface area contributed by atoms with Gasteiger partial charge in [-0.15, -0.1) is 5.92 Å². The number of aromatic nitrogens is 2. The van der Waals surface area contributed by atoms with Crippen LogP contribution >= 0.6 is 0 Å². The van der Waals surface area contributed by atoms with Crippen molar-refractivity contribution >= 4 is 5.97 Å². The quantitative estimate of drug-likeness (QED) is 0.609. The van der Waals surface area contributed by atoms with Crippen LogP contribution in [-0.2, 0) is 4.74 Å². The maximum Gasteiger partial charge on any atom is 0.339 e. The molecule has 0 saturated heterocycles. The summed E-state index contributed by atoms with van der Waals surface area (Å²) in [6.45, 7) is 1.83. The zero-order chi connectivity index (χ0) is 12.8. The molecule has 90 valence electrons. The molecule has 0 N–H and O–H groups in total. The fraction of sp³-hybridized carbons (Fsp3) is 0.143. The minimum atomic E-state index is -0.366. The lowest BCUT2D eigenvalue weighted by molar-refractivity contribution is 0.0556. The molecule has 2 aromatic rings. The first-order chi connectivity index (χ1) is 8.81. The summed E-state index contributed by atoms with van der Waals surface area (Å²) in [5.41, 5.74) is 1.45. The summed E-state index contributed by atoms with van der Waals surface area (Å²) in [4.78, 5) is 15.6. The van der Waals surface area contributed by atoms with Gasteiger partial charge in [0.15, 0.2) is 6.61 Å². The summed E-state index contributed by atoms with van der Waals surface area (Å²) in [5, 5.41) is 0. The Hall–Kier alpha value is -2.54. The molecular weight excluding hydrogens is 228 g/mol. The topological polar surface area (TPSA) is 44.1 Å². The Labute approximate surface area is 105 Å². The average molecular weight is 240 g/mol. The van der Waals surface area contributed by atoms with Crippen molar-refractivity contribution in [2.24, 2.45) is 0 Å². The molecule has 1 heterocycles. The van der Waals surface area contributed by atoms with Crippen molar-refractivity contribution in [3.63, 3.8) is 0 Å². The number of nitrogens with zero attached hydrogens (tertiary/aromatic N) is 2. The first-order valence-corrected chi connectivity index (χ1v) is 5.46. The van der Waals surface area contributed by atoms with Crippen molar-refractivity contribution in [1.82, 2.24) is 9.55 Å². The zero-order valence-electron chi connectivity index (χ0n) is 9.96. The van der Waals surface area contributed by atoms with Gasteiger partial charge >= 0.3 is 5.97 Å². The predicted molar refractivity (Wildman–Crippen MR) is 67.3 cm³/mol. The Balaban J connectivity index is 2.07. The Morgan fingerprint density at radius 2 is 2.17 bits per heavy atom. The Bertz CT molecular complexity index is 575. The lowest BCUT2D eigenvalue weighted by Crippen LogP contribution is -2.05. The summed E-state index contributed by atoms with van der Waals surface area (Å²) in [6.07, 6.45) is 5.24. The molecule has 0 aliphatic carbocycles. The van der Waals surface area contributed by atoms with Crippen LogP contribution in [0.5, 0.6) is 0 Å². The van der Waals surface area contributed by atoms with Crippen LogP contribution in [0.15, 0.2) is 43.0 Å². The summed E-state index contributed by atoms with van der Waals surface area (Å²) >= 11 is 0. The molecule has 4 heteroatoms. The lowest BCUT2D eigenvalue weighted by atomic mass is 10.2. The molecule has 0 fully saturated rings. The number of ether oxygens (including phenoxy) is 1. The standard InChI is InChI=1S/C14H12N2O2/c1-2-3-10-18-14(17)12-4-6-13(7-5-12)16-9-8-15-11-16/h4-9,11H,10H2,1H3. The SMILES string of the molecule is CC#CCOC(=O)c1ccc(-n2ccnc2)cc1. The molecule has 1 aromatic carbocycles. The van der Waals surface area contributed by atoms with Crippen LogP contribution in [0.3, 0.4) is 0 Å². The van der Waals surface area contributed by atoms with Crippen LogP contribution in [0.4, 0.5) is 0 Å². The molecule has 0 amide bonds. The van der Waals surface area contributed by atoms with Crippen LogP contribution in [0.2, 0.25) is 0 Å². The summed E-state index contributed by atoms with van der Waals surface area (Å²) in [7, 11) is 0. The van der Waals surface area contributed by atoms with Gasteiger partial charge in [0.2, 0.25) is 0 Å². The Kier molecular flexibility index (Phi) is 3.77. The van der Waals surface area contributed by atoms with Crippen LogP contribution in [-0.4, -0.2) is 22.1 Å². The van der Waals surface area contributed by atoms with Gasteiger partial charge in [-0.1, -0.05) is 5.92 Å². The van der Waals surface area contributed by atoms with E-state index >= 15 is 0 Å². The Morgan fingerprint density at radius 3 is 2.78 bits per heavy atom. The van der Waals surface area contributed by atoms with Gasteiger partial charge in [-0.2, -0.15) is 0 Å². The van der Waals surface area contributed by atoms with Gasteiger partial charge in [0, 0.05) is 18.1 Å². The number of imidazole rings is 1. The van der Waals surface area contributed by atoms with E-state index in [1.165, 1.54) is 0 Å². The second kappa shape index (κ2) is 5.69. The van der Waals surface area contributed by atoms with E-state index in [0.29, 0.717) is 5.56 Å². The average Bonchev–Trinajstić information content (AvgIpc) is 2.93. The molecule has 0 unspecified atom stereocenters. The molecule has 18 heavy (non-hydrogen) atoms. The molecule has 2 rings (SSSR count). The molecule has 0 bridgehead atoms. The van der Waals surface area contributed by atoms with Crippen LogP contribution in [0.1, 0.15) is 17.3 Å². The fourth-order valence-electron chi connectivity index (χ4n) is 1.44. The molecule has 4 nitrogen and oxygen atoms in total. The van der Waals surface area contributed by atoms with Gasteiger partial charge in [0.1, 0.15) is 0 Å². The minimum absolute atomic E-state index is 0.124. The molecule has 0 saturated carbocycles. The van der Waals surface area contributed by atoms with Crippen molar-refractivity contribution in [3.8, 4) is 17.5 Å². The van der Waals surface area contributed by atoms with E-state index in [1.807, 2.05) is 22.9 Å². The van der Waals surface area contributed by atoms with Gasteiger partial charge < -0.3 is 9.30 Å². The fourth-order valence-corrected chi connectivity index (χ4v) is 1.44. The van der Waals surface area contributed by atoms with Crippen LogP contribution < -0.4 is 0 Å². The van der Waals surface area contributed by atoms with Gasteiger partial charge in [-0.25, -0.2) is 9.78 Å². The third-order valence-electron chi connectivity index (χ3n) is 2.36. The smallest absolute Gasteiger partial charge is 0.339 e. The van der Waals surface area contributed by atoms with E-state index in [4.69, 9.17) is 4.74 Å². The number of carbonyl (C=O) groups excluding carboxylic acids is 1. The predicted octanol–water partition coefficient (Wildman–Crippen LogP) is 2.05. The highest BCUT2D eigenvalue weighted by Gasteiger charge is 2.06. The number of carbonyl (C=O) groups is 1. The third kappa shape index (κ3) is 2.77. The number of rotatable bonds is 3. The molecule has 0 radical (unpaired) electrons. The number of hydrogen-bond donors (Lipinski definition) is 0. The van der Waals surface area contributed by atoms with Crippen molar-refractivity contribution in [1.29, 1.82) is 0 Å². The van der Waals surface area contributed by atoms with Crippen molar-refractivity contribution < 1.29 is 9.53 Å². The van der Waals surface area contributed by atoms with Gasteiger partial charge in [-0.3, -0.25) is 0 Å². The highest BCUT2D eigenvalue weighted by molar-refractivity contribution is 5.89. The van der Waals surface area contributed by atoms with Gasteiger partial charge in [0.25, 0.3) is 0 Å². The van der Waals surface area contributed by atoms with Crippen molar-refractivity contribution in [2.45, 2.75) is 6.92 Å². The van der Waals surface area contributed by atoms with E-state index in [1.54, 1.807) is 31.6 Å². The molecule has 0 spiro atoms. The number of hydrogen-bond acceptors (Lipinski definition) is 3. The van der Waals surface area contributed by atoms with E-state index in [2.05, 4.69) is 16.8 Å². The number of benzene rings is 1.